The Morgan fingerprint density at radius 1 is 1.00 bits per heavy atom. The molecule has 0 N–H and O–H groups in total. The fourth-order valence-electron chi connectivity index (χ4n) is 3.22. The van der Waals surface area contributed by atoms with Gasteiger partial charge in [0.1, 0.15) is 0 Å². The molecule has 0 fully saturated rings. The molecule has 1 aliphatic rings. The van der Waals surface area contributed by atoms with E-state index in [2.05, 4.69) is 26.0 Å². The van der Waals surface area contributed by atoms with E-state index in [4.69, 9.17) is 28.2 Å². The Morgan fingerprint density at radius 2 is 1.68 bits per heavy atom. The van der Waals surface area contributed by atoms with Crippen LogP contribution in [0.4, 0.5) is 0 Å². The van der Waals surface area contributed by atoms with Gasteiger partial charge < -0.3 is 0 Å². The maximum Gasteiger partial charge on any atom is 0.0725 e. The van der Waals surface area contributed by atoms with Crippen molar-refractivity contribution in [1.29, 1.82) is 0 Å². The minimum absolute atomic E-state index is 0.261. The van der Waals surface area contributed by atoms with E-state index >= 15 is 0 Å². The zero-order valence-corrected chi connectivity index (χ0v) is 14.3. The van der Waals surface area contributed by atoms with Crippen LogP contribution in [0.1, 0.15) is 49.3 Å². The van der Waals surface area contributed by atoms with Gasteiger partial charge in [0.25, 0.3) is 0 Å². The highest BCUT2D eigenvalue weighted by Gasteiger charge is 2.28. The summed E-state index contributed by atoms with van der Waals surface area (Å²) in [4.78, 5) is 4.98. The molecule has 1 unspecified atom stereocenters. The Kier molecular flexibility index (Phi) is 4.56. The van der Waals surface area contributed by atoms with E-state index < -0.39 is 0 Å². The van der Waals surface area contributed by atoms with Crippen LogP contribution in [0.2, 0.25) is 10.0 Å². The average molecular weight is 332 g/mol. The molecular formula is C19H19Cl2N. The molecule has 0 saturated heterocycles. The highest BCUT2D eigenvalue weighted by molar-refractivity contribution is 6.31. The number of hydrogen-bond acceptors (Lipinski definition) is 1. The molecule has 22 heavy (non-hydrogen) atoms. The monoisotopic (exact) mass is 331 g/mol. The number of halogens is 2. The third kappa shape index (κ3) is 2.93. The van der Waals surface area contributed by atoms with E-state index in [9.17, 15) is 0 Å². The molecule has 1 aliphatic heterocycles. The lowest BCUT2D eigenvalue weighted by atomic mass is 9.80. The van der Waals surface area contributed by atoms with Gasteiger partial charge in [-0.05, 0) is 43.2 Å². The molecule has 0 aliphatic carbocycles. The summed E-state index contributed by atoms with van der Waals surface area (Å²) in [6.45, 7) is 4.41. The van der Waals surface area contributed by atoms with E-state index in [0.29, 0.717) is 5.92 Å². The summed E-state index contributed by atoms with van der Waals surface area (Å²) in [7, 11) is 0. The van der Waals surface area contributed by atoms with Crippen LogP contribution in [-0.4, -0.2) is 11.8 Å². The molecule has 3 rings (SSSR count). The molecule has 0 amide bonds. The van der Waals surface area contributed by atoms with Gasteiger partial charge >= 0.3 is 0 Å². The molecule has 2 aromatic carbocycles. The van der Waals surface area contributed by atoms with Gasteiger partial charge in [-0.1, -0.05) is 54.7 Å². The number of fused-ring (bicyclic) bond motifs is 1. The summed E-state index contributed by atoms with van der Waals surface area (Å²) >= 11 is 12.3. The van der Waals surface area contributed by atoms with Crippen molar-refractivity contribution in [3.05, 3.63) is 69.2 Å². The molecule has 0 radical (unpaired) electrons. The Bertz CT molecular complexity index is 704. The topological polar surface area (TPSA) is 12.4 Å². The third-order valence-corrected chi connectivity index (χ3v) is 4.79. The number of hydrogen-bond donors (Lipinski definition) is 0. The first kappa shape index (κ1) is 15.6. The van der Waals surface area contributed by atoms with E-state index in [-0.39, 0.29) is 6.04 Å². The quantitative estimate of drug-likeness (QED) is 0.642. The number of rotatable bonds is 3. The van der Waals surface area contributed by atoms with Gasteiger partial charge in [-0.3, -0.25) is 4.99 Å². The summed E-state index contributed by atoms with van der Waals surface area (Å²) in [5.74, 6) is 0.440. The molecule has 1 nitrogen and oxygen atoms in total. The predicted octanol–water partition coefficient (Wildman–Crippen LogP) is 6.12. The lowest BCUT2D eigenvalue weighted by Gasteiger charge is -2.30. The smallest absolute Gasteiger partial charge is 0.0725 e. The molecule has 114 valence electrons. The van der Waals surface area contributed by atoms with Gasteiger partial charge in [0, 0.05) is 27.1 Å². The largest absolute Gasteiger partial charge is 0.280 e. The van der Waals surface area contributed by atoms with E-state index in [1.807, 2.05) is 30.3 Å². The molecule has 2 atom stereocenters. The predicted molar refractivity (Wildman–Crippen MR) is 95.7 cm³/mol. The molecular weight excluding hydrogens is 313 g/mol. The molecule has 0 spiro atoms. The first-order chi connectivity index (χ1) is 10.6. The fourth-order valence-corrected chi connectivity index (χ4v) is 3.53. The minimum Gasteiger partial charge on any atom is -0.280 e. The first-order valence-corrected chi connectivity index (χ1v) is 8.49. The van der Waals surface area contributed by atoms with E-state index in [0.717, 1.165) is 34.2 Å². The van der Waals surface area contributed by atoms with Crippen LogP contribution in [-0.2, 0) is 0 Å². The Morgan fingerprint density at radius 3 is 2.36 bits per heavy atom. The Hall–Kier alpha value is -1.31. The molecule has 0 saturated carbocycles. The van der Waals surface area contributed by atoms with Crippen LogP contribution < -0.4 is 0 Å². The van der Waals surface area contributed by atoms with Crippen LogP contribution in [0.15, 0.2) is 47.5 Å². The summed E-state index contributed by atoms with van der Waals surface area (Å²) in [6.07, 6.45) is 2.28. The second kappa shape index (κ2) is 6.44. The van der Waals surface area contributed by atoms with Gasteiger partial charge in [0.05, 0.1) is 11.8 Å². The van der Waals surface area contributed by atoms with E-state index in [1.54, 1.807) is 0 Å². The van der Waals surface area contributed by atoms with Crippen molar-refractivity contribution in [2.75, 3.05) is 0 Å². The molecule has 3 heteroatoms. The van der Waals surface area contributed by atoms with E-state index in [1.165, 1.54) is 11.1 Å². The normalized spacial score (nSPS) is 20.5. The minimum atomic E-state index is 0.261. The van der Waals surface area contributed by atoms with Crippen molar-refractivity contribution in [3.8, 4) is 0 Å². The summed E-state index contributed by atoms with van der Waals surface area (Å²) in [6, 6.07) is 14.3. The van der Waals surface area contributed by atoms with Crippen molar-refractivity contribution in [2.45, 2.75) is 38.6 Å². The molecule has 2 aromatic rings. The SMILES string of the molecule is CCC[C@@H]1c2cc(Cl)ccc2C(c2ccc(Cl)cc2)=NC1C. The van der Waals surface area contributed by atoms with Gasteiger partial charge in [0.2, 0.25) is 0 Å². The molecule has 1 heterocycles. The van der Waals surface area contributed by atoms with Crippen LogP contribution in [0.5, 0.6) is 0 Å². The summed E-state index contributed by atoms with van der Waals surface area (Å²) in [5, 5.41) is 1.54. The van der Waals surface area contributed by atoms with Crippen molar-refractivity contribution >= 4 is 28.9 Å². The lowest BCUT2D eigenvalue weighted by molar-refractivity contribution is 0.518. The first-order valence-electron chi connectivity index (χ1n) is 7.73. The third-order valence-electron chi connectivity index (χ3n) is 4.30. The van der Waals surface area contributed by atoms with Crippen LogP contribution >= 0.6 is 23.2 Å². The fraction of sp³-hybridized carbons (Fsp3) is 0.316. The van der Waals surface area contributed by atoms with Crippen molar-refractivity contribution in [2.24, 2.45) is 4.99 Å². The van der Waals surface area contributed by atoms with Crippen molar-refractivity contribution in [1.82, 2.24) is 0 Å². The standard InChI is InChI=1S/C19H19Cl2N/c1-3-4-16-12(2)22-19(13-5-7-14(20)8-6-13)17-10-9-15(21)11-18(16)17/h5-12,16H,3-4H2,1-2H3/t12?,16-/m0/s1. The maximum absolute atomic E-state index is 6.25. The van der Waals surface area contributed by atoms with Crippen molar-refractivity contribution < 1.29 is 0 Å². The van der Waals surface area contributed by atoms with Crippen LogP contribution in [0.25, 0.3) is 0 Å². The summed E-state index contributed by atoms with van der Waals surface area (Å²) < 4.78 is 0. The lowest BCUT2D eigenvalue weighted by Crippen LogP contribution is -2.24. The second-order valence-corrected chi connectivity index (χ2v) is 6.72. The van der Waals surface area contributed by atoms with Gasteiger partial charge in [0.15, 0.2) is 0 Å². The van der Waals surface area contributed by atoms with Crippen LogP contribution in [0, 0.1) is 0 Å². The summed E-state index contributed by atoms with van der Waals surface area (Å²) in [5.41, 5.74) is 4.67. The maximum atomic E-state index is 6.25. The van der Waals surface area contributed by atoms with Gasteiger partial charge in [-0.15, -0.1) is 0 Å². The second-order valence-electron chi connectivity index (χ2n) is 5.85. The van der Waals surface area contributed by atoms with Gasteiger partial charge in [-0.25, -0.2) is 0 Å². The highest BCUT2D eigenvalue weighted by atomic mass is 35.5. The van der Waals surface area contributed by atoms with Crippen LogP contribution in [0.3, 0.4) is 0 Å². The zero-order valence-electron chi connectivity index (χ0n) is 12.8. The Labute approximate surface area is 142 Å². The van der Waals surface area contributed by atoms with Crippen molar-refractivity contribution in [3.63, 3.8) is 0 Å². The molecule has 0 aromatic heterocycles. The number of aliphatic imine (C=N–C) groups is 1. The Balaban J connectivity index is 2.13. The number of nitrogens with zero attached hydrogens (tertiary/aromatic N) is 1. The molecule has 0 bridgehead atoms. The van der Waals surface area contributed by atoms with Gasteiger partial charge in [-0.2, -0.15) is 0 Å². The zero-order chi connectivity index (χ0) is 15.7. The average Bonchev–Trinajstić information content (AvgIpc) is 2.51. The highest BCUT2D eigenvalue weighted by Crippen LogP contribution is 2.37. The number of benzene rings is 2.